The lowest BCUT2D eigenvalue weighted by molar-refractivity contribution is 0.625. The highest BCUT2D eigenvalue weighted by Gasteiger charge is 2.08. The number of furan rings is 1. The topological polar surface area (TPSA) is 51.8 Å². The van der Waals surface area contributed by atoms with Gasteiger partial charge in [0.2, 0.25) is 5.16 Å². The number of nitrogens with zero attached hydrogens (tertiary/aromatic N) is 3. The molecule has 2 aromatic heterocycles. The first-order chi connectivity index (χ1) is 8.36. The first kappa shape index (κ1) is 10.3. The molecule has 0 N–H and O–H groups in total. The molecule has 0 saturated heterocycles. The number of aromatic nitrogens is 3. The number of fused-ring (bicyclic) bond motifs is 1. The summed E-state index contributed by atoms with van der Waals surface area (Å²) in [6.07, 6.45) is 3.52. The molecule has 4 nitrogen and oxygen atoms in total. The largest absolute Gasteiger partial charge is 0.454 e. The zero-order valence-corrected chi connectivity index (χ0v) is 9.94. The highest BCUT2D eigenvalue weighted by atomic mass is 32.2. The fraction of sp³-hybridized carbons (Fsp3) is 0.0833. The SMILES string of the molecule is CSc1nncc(-c2cc3ccccc3o2)n1. The molecular formula is C12H9N3OS. The van der Waals surface area contributed by atoms with Crippen molar-refractivity contribution in [3.05, 3.63) is 36.5 Å². The third-order valence-corrected chi connectivity index (χ3v) is 2.94. The Morgan fingerprint density at radius 1 is 1.24 bits per heavy atom. The van der Waals surface area contributed by atoms with Crippen molar-refractivity contribution in [1.29, 1.82) is 0 Å². The molecule has 1 aromatic carbocycles. The van der Waals surface area contributed by atoms with Gasteiger partial charge in [-0.15, -0.1) is 5.10 Å². The standard InChI is InChI=1S/C12H9N3OS/c1-17-12-14-9(7-13-15-12)11-6-8-4-2-3-5-10(8)16-11/h2-7H,1H3. The van der Waals surface area contributed by atoms with Gasteiger partial charge in [0.25, 0.3) is 0 Å². The minimum absolute atomic E-state index is 0.642. The molecule has 0 saturated carbocycles. The van der Waals surface area contributed by atoms with E-state index in [2.05, 4.69) is 15.2 Å². The van der Waals surface area contributed by atoms with Gasteiger partial charge in [0.15, 0.2) is 5.76 Å². The van der Waals surface area contributed by atoms with E-state index in [-0.39, 0.29) is 0 Å². The van der Waals surface area contributed by atoms with E-state index in [0.29, 0.717) is 10.9 Å². The number of hydrogen-bond donors (Lipinski definition) is 0. The highest BCUT2D eigenvalue weighted by Crippen LogP contribution is 2.26. The molecule has 0 bridgehead atoms. The van der Waals surface area contributed by atoms with E-state index in [1.54, 1.807) is 6.20 Å². The quantitative estimate of drug-likeness (QED) is 0.647. The Hall–Kier alpha value is -1.88. The zero-order chi connectivity index (χ0) is 11.7. The van der Waals surface area contributed by atoms with Crippen molar-refractivity contribution in [1.82, 2.24) is 15.2 Å². The molecule has 17 heavy (non-hydrogen) atoms. The average molecular weight is 243 g/mol. The Balaban J connectivity index is 2.13. The fourth-order valence-corrected chi connectivity index (χ4v) is 1.92. The predicted molar refractivity (Wildman–Crippen MR) is 66.8 cm³/mol. The summed E-state index contributed by atoms with van der Waals surface area (Å²) in [5.74, 6) is 0.719. The van der Waals surface area contributed by atoms with Gasteiger partial charge in [-0.05, 0) is 18.4 Å². The van der Waals surface area contributed by atoms with Crippen molar-refractivity contribution in [2.24, 2.45) is 0 Å². The maximum absolute atomic E-state index is 5.71. The van der Waals surface area contributed by atoms with Crippen LogP contribution >= 0.6 is 11.8 Å². The van der Waals surface area contributed by atoms with Crippen LogP contribution in [0.25, 0.3) is 22.4 Å². The van der Waals surface area contributed by atoms with Crippen molar-refractivity contribution >= 4 is 22.7 Å². The van der Waals surface area contributed by atoms with Gasteiger partial charge >= 0.3 is 0 Å². The molecule has 0 spiro atoms. The number of rotatable bonds is 2. The van der Waals surface area contributed by atoms with Crippen LogP contribution < -0.4 is 0 Å². The Bertz CT molecular complexity index is 632. The van der Waals surface area contributed by atoms with Crippen LogP contribution in [0.5, 0.6) is 0 Å². The maximum Gasteiger partial charge on any atom is 0.209 e. The molecule has 3 rings (SSSR count). The third-order valence-electron chi connectivity index (χ3n) is 2.40. The smallest absolute Gasteiger partial charge is 0.209 e. The lowest BCUT2D eigenvalue weighted by atomic mass is 10.2. The fourth-order valence-electron chi connectivity index (χ4n) is 1.60. The van der Waals surface area contributed by atoms with Crippen LogP contribution in [-0.4, -0.2) is 21.4 Å². The number of thioether (sulfide) groups is 1. The van der Waals surface area contributed by atoms with Gasteiger partial charge in [0, 0.05) is 5.39 Å². The summed E-state index contributed by atoms with van der Waals surface area (Å²) < 4.78 is 5.71. The van der Waals surface area contributed by atoms with Crippen molar-refractivity contribution in [2.45, 2.75) is 5.16 Å². The van der Waals surface area contributed by atoms with Crippen LogP contribution in [0.3, 0.4) is 0 Å². The van der Waals surface area contributed by atoms with Crippen molar-refractivity contribution in [2.75, 3.05) is 6.26 Å². The Labute approximate surface area is 102 Å². The lowest BCUT2D eigenvalue weighted by Gasteiger charge is -1.96. The molecule has 0 unspecified atom stereocenters. The molecule has 0 amide bonds. The summed E-state index contributed by atoms with van der Waals surface area (Å²) in [4.78, 5) is 4.35. The van der Waals surface area contributed by atoms with Crippen LogP contribution in [0.2, 0.25) is 0 Å². The molecule has 5 heteroatoms. The van der Waals surface area contributed by atoms with E-state index in [1.807, 2.05) is 36.6 Å². The molecule has 0 aliphatic heterocycles. The third kappa shape index (κ3) is 1.89. The molecule has 3 aromatic rings. The summed E-state index contributed by atoms with van der Waals surface area (Å²) in [7, 11) is 0. The molecular weight excluding hydrogens is 234 g/mol. The van der Waals surface area contributed by atoms with Gasteiger partial charge in [0.1, 0.15) is 11.3 Å². The van der Waals surface area contributed by atoms with Crippen LogP contribution in [-0.2, 0) is 0 Å². The molecule has 0 aliphatic carbocycles. The molecule has 0 atom stereocenters. The zero-order valence-electron chi connectivity index (χ0n) is 9.12. The van der Waals surface area contributed by atoms with Gasteiger partial charge in [-0.1, -0.05) is 30.0 Å². The van der Waals surface area contributed by atoms with Crippen molar-refractivity contribution in [3.8, 4) is 11.5 Å². The summed E-state index contributed by atoms with van der Waals surface area (Å²) in [6, 6.07) is 9.83. The first-order valence-electron chi connectivity index (χ1n) is 5.09. The summed E-state index contributed by atoms with van der Waals surface area (Å²) in [5, 5.41) is 9.51. The molecule has 84 valence electrons. The van der Waals surface area contributed by atoms with Gasteiger partial charge in [-0.25, -0.2) is 4.98 Å². The molecule has 2 heterocycles. The number of benzene rings is 1. The molecule has 0 radical (unpaired) electrons. The van der Waals surface area contributed by atoms with E-state index < -0.39 is 0 Å². The predicted octanol–water partition coefficient (Wildman–Crippen LogP) is 3.01. The monoisotopic (exact) mass is 243 g/mol. The summed E-state index contributed by atoms with van der Waals surface area (Å²) in [6.45, 7) is 0. The average Bonchev–Trinajstić information content (AvgIpc) is 2.82. The Morgan fingerprint density at radius 3 is 2.94 bits per heavy atom. The first-order valence-corrected chi connectivity index (χ1v) is 6.32. The molecule has 0 fully saturated rings. The summed E-state index contributed by atoms with van der Waals surface area (Å²) >= 11 is 1.46. The Kier molecular flexibility index (Phi) is 2.53. The van der Waals surface area contributed by atoms with Gasteiger partial charge in [-0.2, -0.15) is 5.10 Å². The second-order valence-electron chi connectivity index (χ2n) is 3.48. The lowest BCUT2D eigenvalue weighted by Crippen LogP contribution is -1.91. The van der Waals surface area contributed by atoms with Crippen LogP contribution in [0.1, 0.15) is 0 Å². The van der Waals surface area contributed by atoms with Crippen LogP contribution in [0.4, 0.5) is 0 Å². The second kappa shape index (κ2) is 4.18. The van der Waals surface area contributed by atoms with Crippen molar-refractivity contribution in [3.63, 3.8) is 0 Å². The second-order valence-corrected chi connectivity index (χ2v) is 4.25. The maximum atomic E-state index is 5.71. The van der Waals surface area contributed by atoms with Gasteiger partial charge in [-0.3, -0.25) is 0 Å². The molecule has 0 aliphatic rings. The normalized spacial score (nSPS) is 10.9. The van der Waals surface area contributed by atoms with Crippen LogP contribution in [0, 0.1) is 0 Å². The number of para-hydroxylation sites is 1. The van der Waals surface area contributed by atoms with Gasteiger partial charge < -0.3 is 4.42 Å². The van der Waals surface area contributed by atoms with Crippen LogP contribution in [0.15, 0.2) is 46.1 Å². The van der Waals surface area contributed by atoms with Crippen molar-refractivity contribution < 1.29 is 4.42 Å². The minimum Gasteiger partial charge on any atom is -0.454 e. The Morgan fingerprint density at radius 2 is 2.12 bits per heavy atom. The van der Waals surface area contributed by atoms with Gasteiger partial charge in [0.05, 0.1) is 6.20 Å². The van der Waals surface area contributed by atoms with E-state index in [9.17, 15) is 0 Å². The number of hydrogen-bond acceptors (Lipinski definition) is 5. The van der Waals surface area contributed by atoms with E-state index in [4.69, 9.17) is 4.42 Å². The minimum atomic E-state index is 0.642. The highest BCUT2D eigenvalue weighted by molar-refractivity contribution is 7.98. The van der Waals surface area contributed by atoms with E-state index in [0.717, 1.165) is 16.7 Å². The van der Waals surface area contributed by atoms with E-state index in [1.165, 1.54) is 11.8 Å². The van der Waals surface area contributed by atoms with E-state index >= 15 is 0 Å². The summed E-state index contributed by atoms with van der Waals surface area (Å²) in [5.41, 5.74) is 1.56.